The molecule has 0 spiro atoms. The molecule has 1 aliphatic rings. The average Bonchev–Trinajstić information content (AvgIpc) is 2.82. The number of nitrogens with zero attached hydrogens (tertiary/aromatic N) is 1. The lowest BCUT2D eigenvalue weighted by Crippen LogP contribution is -2.51. The predicted molar refractivity (Wildman–Crippen MR) is 121 cm³/mol. The first kappa shape index (κ1) is 22.6. The van der Waals surface area contributed by atoms with Crippen molar-refractivity contribution in [2.24, 2.45) is 0 Å². The van der Waals surface area contributed by atoms with Crippen LogP contribution in [0.3, 0.4) is 0 Å². The fourth-order valence-electron chi connectivity index (χ4n) is 3.39. The number of anilines is 1. The van der Waals surface area contributed by atoms with E-state index in [0.29, 0.717) is 17.2 Å². The number of halogens is 1. The van der Waals surface area contributed by atoms with Gasteiger partial charge in [-0.1, -0.05) is 29.8 Å². The van der Waals surface area contributed by atoms with Crippen molar-refractivity contribution in [3.63, 3.8) is 0 Å². The Kier molecular flexibility index (Phi) is 6.50. The van der Waals surface area contributed by atoms with Gasteiger partial charge in [-0.25, -0.2) is 12.8 Å². The van der Waals surface area contributed by atoms with Crippen molar-refractivity contribution in [1.82, 2.24) is 5.32 Å². The molecule has 3 aromatic rings. The minimum atomic E-state index is -3.91. The molecule has 9 heteroatoms. The summed E-state index contributed by atoms with van der Waals surface area (Å²) in [6, 6.07) is 18.8. The number of para-hydroxylation sites is 2. The molecule has 1 aliphatic heterocycles. The summed E-state index contributed by atoms with van der Waals surface area (Å²) in [6.07, 6.45) is -1.04. The number of nitrogens with one attached hydrogen (secondary N) is 1. The zero-order valence-electron chi connectivity index (χ0n) is 17.9. The van der Waals surface area contributed by atoms with Gasteiger partial charge in [0, 0.05) is 0 Å². The van der Waals surface area contributed by atoms with Gasteiger partial charge in [-0.2, -0.15) is 0 Å². The molecular formula is C24H23FN2O5S. The summed E-state index contributed by atoms with van der Waals surface area (Å²) in [6.45, 7) is 2.03. The summed E-state index contributed by atoms with van der Waals surface area (Å²) >= 11 is 0. The maximum absolute atomic E-state index is 13.4. The van der Waals surface area contributed by atoms with Crippen LogP contribution in [0.15, 0.2) is 77.7 Å². The van der Waals surface area contributed by atoms with Crippen LogP contribution in [0.4, 0.5) is 10.1 Å². The Hall–Kier alpha value is -3.59. The summed E-state index contributed by atoms with van der Waals surface area (Å²) in [7, 11) is -3.91. The van der Waals surface area contributed by atoms with Crippen LogP contribution in [0, 0.1) is 12.7 Å². The highest BCUT2D eigenvalue weighted by atomic mass is 32.2. The molecule has 3 aromatic carbocycles. The third-order valence-corrected chi connectivity index (χ3v) is 6.91. The third-order valence-electron chi connectivity index (χ3n) is 5.12. The van der Waals surface area contributed by atoms with Crippen molar-refractivity contribution >= 4 is 21.6 Å². The van der Waals surface area contributed by atoms with E-state index in [1.165, 1.54) is 28.6 Å². The summed E-state index contributed by atoms with van der Waals surface area (Å²) in [5.41, 5.74) is 1.32. The maximum Gasteiger partial charge on any atom is 0.264 e. The molecule has 0 aliphatic carbocycles. The van der Waals surface area contributed by atoms with Crippen molar-refractivity contribution in [2.75, 3.05) is 24.0 Å². The number of fused-ring (bicyclic) bond motifs is 1. The fraction of sp³-hybridized carbons (Fsp3) is 0.208. The highest BCUT2D eigenvalue weighted by molar-refractivity contribution is 7.92. The normalized spacial score (nSPS) is 15.3. The van der Waals surface area contributed by atoms with Gasteiger partial charge in [0.2, 0.25) is 0 Å². The summed E-state index contributed by atoms with van der Waals surface area (Å²) in [5, 5.41) is 2.70. The Bertz CT molecular complexity index is 1230. The first-order valence-electron chi connectivity index (χ1n) is 10.4. The Balaban J connectivity index is 1.46. The van der Waals surface area contributed by atoms with Crippen molar-refractivity contribution < 1.29 is 27.1 Å². The van der Waals surface area contributed by atoms with Crippen molar-refractivity contribution in [2.45, 2.75) is 17.9 Å². The van der Waals surface area contributed by atoms with Gasteiger partial charge in [0.25, 0.3) is 15.9 Å². The van der Waals surface area contributed by atoms with E-state index in [2.05, 4.69) is 5.32 Å². The summed E-state index contributed by atoms with van der Waals surface area (Å²) in [4.78, 5) is 12.9. The molecule has 1 amide bonds. The molecule has 0 bridgehead atoms. The van der Waals surface area contributed by atoms with Crippen LogP contribution in [-0.2, 0) is 14.8 Å². The molecular weight excluding hydrogens is 447 g/mol. The van der Waals surface area contributed by atoms with Crippen molar-refractivity contribution in [3.8, 4) is 11.5 Å². The molecule has 0 unspecified atom stereocenters. The van der Waals surface area contributed by atoms with Gasteiger partial charge in [0.1, 0.15) is 23.9 Å². The van der Waals surface area contributed by atoms with Gasteiger partial charge in [0.05, 0.1) is 23.7 Å². The Morgan fingerprint density at radius 3 is 2.52 bits per heavy atom. The van der Waals surface area contributed by atoms with E-state index in [1.807, 2.05) is 6.92 Å². The molecule has 1 N–H and O–H groups in total. The summed E-state index contributed by atoms with van der Waals surface area (Å²) in [5.74, 6) is -0.0437. The highest BCUT2D eigenvalue weighted by Crippen LogP contribution is 2.36. The number of sulfonamides is 1. The molecule has 172 valence electrons. The van der Waals surface area contributed by atoms with Gasteiger partial charge in [-0.05, 0) is 55.5 Å². The minimum Gasteiger partial charge on any atom is -0.492 e. The van der Waals surface area contributed by atoms with E-state index < -0.39 is 22.0 Å². The number of hydrogen-bond donors (Lipinski definition) is 1. The highest BCUT2D eigenvalue weighted by Gasteiger charge is 2.37. The summed E-state index contributed by atoms with van der Waals surface area (Å²) < 4.78 is 52.2. The number of amides is 1. The van der Waals surface area contributed by atoms with Gasteiger partial charge in [0.15, 0.2) is 6.10 Å². The number of carbonyl (C=O) groups excluding carboxylic acids is 1. The second kappa shape index (κ2) is 9.50. The molecule has 0 radical (unpaired) electrons. The zero-order chi connectivity index (χ0) is 23.4. The van der Waals surface area contributed by atoms with E-state index >= 15 is 0 Å². The third kappa shape index (κ3) is 5.09. The molecule has 33 heavy (non-hydrogen) atoms. The van der Waals surface area contributed by atoms with E-state index in [9.17, 15) is 17.6 Å². The Labute approximate surface area is 191 Å². The second-order valence-electron chi connectivity index (χ2n) is 7.52. The lowest BCUT2D eigenvalue weighted by Gasteiger charge is -2.34. The number of hydrogen-bond acceptors (Lipinski definition) is 5. The van der Waals surface area contributed by atoms with Crippen LogP contribution in [0.2, 0.25) is 0 Å². The predicted octanol–water partition coefficient (Wildman–Crippen LogP) is 3.29. The number of carbonyl (C=O) groups is 1. The largest absolute Gasteiger partial charge is 0.492 e. The monoisotopic (exact) mass is 470 g/mol. The average molecular weight is 471 g/mol. The second-order valence-corrected chi connectivity index (χ2v) is 9.38. The Morgan fingerprint density at radius 2 is 1.79 bits per heavy atom. The molecule has 0 aromatic heterocycles. The smallest absolute Gasteiger partial charge is 0.264 e. The standard InChI is InChI=1S/C24H23FN2O5S/c1-17-6-12-20(13-7-17)33(29,30)27-16-23(32-22-5-3-2-4-21(22)27)24(28)26-14-15-31-19-10-8-18(25)9-11-19/h2-13,23H,14-16H2,1H3,(H,26,28)/t23-/m0/s1. The van der Waals surface area contributed by atoms with Crippen molar-refractivity contribution in [1.29, 1.82) is 0 Å². The van der Waals surface area contributed by atoms with Crippen LogP contribution >= 0.6 is 0 Å². The first-order chi connectivity index (χ1) is 15.8. The quantitative estimate of drug-likeness (QED) is 0.536. The number of benzene rings is 3. The molecule has 1 atom stereocenters. The van der Waals surface area contributed by atoms with E-state index in [4.69, 9.17) is 9.47 Å². The molecule has 4 rings (SSSR count). The Morgan fingerprint density at radius 1 is 1.09 bits per heavy atom. The van der Waals surface area contributed by atoms with Crippen LogP contribution in [0.5, 0.6) is 11.5 Å². The number of ether oxygens (including phenoxy) is 2. The number of aryl methyl sites for hydroxylation is 1. The van der Waals surface area contributed by atoms with Crippen LogP contribution in [0.1, 0.15) is 5.56 Å². The number of rotatable bonds is 7. The molecule has 0 fully saturated rings. The van der Waals surface area contributed by atoms with Crippen molar-refractivity contribution in [3.05, 3.63) is 84.2 Å². The first-order valence-corrected chi connectivity index (χ1v) is 11.8. The lowest BCUT2D eigenvalue weighted by molar-refractivity contribution is -0.127. The SMILES string of the molecule is Cc1ccc(S(=O)(=O)N2C[C@@H](C(=O)NCCOc3ccc(F)cc3)Oc3ccccc32)cc1. The maximum atomic E-state index is 13.4. The topological polar surface area (TPSA) is 84.9 Å². The lowest BCUT2D eigenvalue weighted by atomic mass is 10.2. The van der Waals surface area contributed by atoms with Gasteiger partial charge in [-0.3, -0.25) is 9.10 Å². The molecule has 7 nitrogen and oxygen atoms in total. The molecule has 0 saturated carbocycles. The van der Waals surface area contributed by atoms with Crippen LogP contribution in [0.25, 0.3) is 0 Å². The fourth-order valence-corrected chi connectivity index (χ4v) is 4.87. The minimum absolute atomic E-state index is 0.136. The molecule has 0 saturated heterocycles. The van der Waals surface area contributed by atoms with E-state index in [1.54, 1.807) is 48.5 Å². The molecule has 1 heterocycles. The van der Waals surface area contributed by atoms with E-state index in [0.717, 1.165) is 5.56 Å². The zero-order valence-corrected chi connectivity index (χ0v) is 18.7. The van der Waals surface area contributed by atoms with Crippen LogP contribution in [-0.4, -0.2) is 40.1 Å². The van der Waals surface area contributed by atoms with Crippen LogP contribution < -0.4 is 19.1 Å². The van der Waals surface area contributed by atoms with E-state index in [-0.39, 0.29) is 30.4 Å². The van der Waals surface area contributed by atoms with Gasteiger partial charge >= 0.3 is 0 Å². The van der Waals surface area contributed by atoms with Gasteiger partial charge < -0.3 is 14.8 Å². The van der Waals surface area contributed by atoms with Gasteiger partial charge in [-0.15, -0.1) is 0 Å².